The number of aryl methyl sites for hydroxylation is 1. The molecule has 1 unspecified atom stereocenters. The molecule has 0 aliphatic carbocycles. The zero-order chi connectivity index (χ0) is 26.0. The molecule has 8 nitrogen and oxygen atoms in total. The number of methoxy groups -OCH3 is 2. The number of amides is 1. The van der Waals surface area contributed by atoms with E-state index in [1.807, 2.05) is 19.2 Å². The molecule has 0 aliphatic rings. The zero-order valence-corrected chi connectivity index (χ0v) is 21.1. The van der Waals surface area contributed by atoms with Crippen molar-refractivity contribution in [2.45, 2.75) is 24.7 Å². The summed E-state index contributed by atoms with van der Waals surface area (Å²) in [5.74, 6) is -0.924. The van der Waals surface area contributed by atoms with Gasteiger partial charge in [0.15, 0.2) is 0 Å². The van der Waals surface area contributed by atoms with Crippen LogP contribution in [0.2, 0.25) is 0 Å². The fourth-order valence-corrected chi connectivity index (χ4v) is 5.44. The van der Waals surface area contributed by atoms with Crippen molar-refractivity contribution in [3.05, 3.63) is 94.7 Å². The number of carbonyl (C=O) groups excluding carboxylic acids is 2. The molecule has 0 aliphatic heterocycles. The first kappa shape index (κ1) is 25.0. The number of nitrogens with one attached hydrogen (secondary N) is 2. The summed E-state index contributed by atoms with van der Waals surface area (Å²) < 4.78 is 38.0. The van der Waals surface area contributed by atoms with Gasteiger partial charge < -0.3 is 14.5 Å². The molecule has 0 saturated heterocycles. The summed E-state index contributed by atoms with van der Waals surface area (Å²) in [6.45, 7) is 3.64. The van der Waals surface area contributed by atoms with E-state index in [0.717, 1.165) is 22.0 Å². The first-order valence-corrected chi connectivity index (χ1v) is 12.6. The quantitative estimate of drug-likeness (QED) is 0.356. The molecular formula is C27H26N2O6S. The van der Waals surface area contributed by atoms with Crippen LogP contribution < -0.4 is 9.46 Å². The second-order valence-electron chi connectivity index (χ2n) is 8.37. The molecule has 3 aromatic carbocycles. The van der Waals surface area contributed by atoms with Gasteiger partial charge in [0.05, 0.1) is 24.7 Å². The van der Waals surface area contributed by atoms with E-state index in [1.54, 1.807) is 49.4 Å². The minimum atomic E-state index is -4.04. The van der Waals surface area contributed by atoms with Gasteiger partial charge in [-0.25, -0.2) is 17.9 Å². The number of carbonyl (C=O) groups is 2. The van der Waals surface area contributed by atoms with Crippen molar-refractivity contribution in [1.29, 1.82) is 0 Å². The highest BCUT2D eigenvalue weighted by Gasteiger charge is 2.23. The molecule has 0 saturated carbocycles. The number of benzene rings is 3. The van der Waals surface area contributed by atoms with Gasteiger partial charge in [-0.15, -0.1) is 0 Å². The van der Waals surface area contributed by atoms with Crippen molar-refractivity contribution >= 4 is 32.8 Å². The summed E-state index contributed by atoms with van der Waals surface area (Å²) in [7, 11) is -1.22. The maximum Gasteiger partial charge on any atom is 0.337 e. The van der Waals surface area contributed by atoms with Crippen LogP contribution in [-0.4, -0.2) is 39.5 Å². The Morgan fingerprint density at radius 1 is 0.944 bits per heavy atom. The Balaban J connectivity index is 1.65. The fourth-order valence-electron chi connectivity index (χ4n) is 4.22. The van der Waals surface area contributed by atoms with Gasteiger partial charge in [0.1, 0.15) is 5.75 Å². The number of ether oxygens (including phenoxy) is 2. The summed E-state index contributed by atoms with van der Waals surface area (Å²) in [5.41, 5.74) is 3.70. The van der Waals surface area contributed by atoms with Crippen molar-refractivity contribution in [2.75, 3.05) is 14.2 Å². The number of hydrogen-bond donors (Lipinski definition) is 2. The van der Waals surface area contributed by atoms with Crippen LogP contribution >= 0.6 is 0 Å². The van der Waals surface area contributed by atoms with Crippen LogP contribution in [0, 0.1) is 6.92 Å². The predicted octanol–water partition coefficient (Wildman–Crippen LogP) is 4.54. The Morgan fingerprint density at radius 2 is 1.67 bits per heavy atom. The summed E-state index contributed by atoms with van der Waals surface area (Å²) in [5, 5.41) is 0.860. The number of rotatable bonds is 7. The molecule has 1 atom stereocenters. The molecule has 36 heavy (non-hydrogen) atoms. The Bertz CT molecular complexity index is 1570. The molecule has 4 aromatic rings. The van der Waals surface area contributed by atoms with Crippen LogP contribution in [0.4, 0.5) is 0 Å². The molecule has 2 N–H and O–H groups in total. The van der Waals surface area contributed by atoms with Gasteiger partial charge in [0.2, 0.25) is 0 Å². The van der Waals surface area contributed by atoms with E-state index in [-0.39, 0.29) is 16.4 Å². The third kappa shape index (κ3) is 4.70. The van der Waals surface area contributed by atoms with Crippen LogP contribution in [-0.2, 0) is 14.8 Å². The lowest BCUT2D eigenvalue weighted by molar-refractivity contribution is 0.0600. The standard InChI is InChI=1S/C27H26N2O6S/c1-16-7-5-6-8-25(16)36(32,33)29-26(30)18-9-11-20(24(14-18)34-3)17(2)22-15-28-23-12-10-19(13-21(22)23)27(31)35-4/h5-15,17,28H,1-4H3,(H,29,30). The highest BCUT2D eigenvalue weighted by Crippen LogP contribution is 2.36. The first-order valence-electron chi connectivity index (χ1n) is 11.2. The van der Waals surface area contributed by atoms with Crippen LogP contribution in [0.1, 0.15) is 50.2 Å². The lowest BCUT2D eigenvalue weighted by Gasteiger charge is -2.17. The smallest absolute Gasteiger partial charge is 0.337 e. The van der Waals surface area contributed by atoms with Gasteiger partial charge in [-0.2, -0.15) is 0 Å². The van der Waals surface area contributed by atoms with Crippen LogP contribution in [0.25, 0.3) is 10.9 Å². The SMILES string of the molecule is COC(=O)c1ccc2[nH]cc(C(C)c3ccc(C(=O)NS(=O)(=O)c4ccccc4C)cc3OC)c2c1. The van der Waals surface area contributed by atoms with Crippen molar-refractivity contribution in [1.82, 2.24) is 9.71 Å². The zero-order valence-electron chi connectivity index (χ0n) is 20.3. The summed E-state index contributed by atoms with van der Waals surface area (Å²) >= 11 is 0. The molecule has 1 heterocycles. The monoisotopic (exact) mass is 506 g/mol. The largest absolute Gasteiger partial charge is 0.496 e. The van der Waals surface area contributed by atoms with Gasteiger partial charge in [-0.3, -0.25) is 4.79 Å². The van der Waals surface area contributed by atoms with E-state index in [9.17, 15) is 18.0 Å². The Morgan fingerprint density at radius 3 is 2.36 bits per heavy atom. The third-order valence-corrected chi connectivity index (χ3v) is 7.66. The number of hydrogen-bond acceptors (Lipinski definition) is 6. The van der Waals surface area contributed by atoms with E-state index in [4.69, 9.17) is 9.47 Å². The Labute approximate surface area is 209 Å². The lowest BCUT2D eigenvalue weighted by atomic mass is 9.91. The van der Waals surface area contributed by atoms with Gasteiger partial charge in [-0.1, -0.05) is 31.2 Å². The maximum atomic E-state index is 12.8. The second-order valence-corrected chi connectivity index (χ2v) is 10.0. The molecule has 0 fully saturated rings. The molecule has 186 valence electrons. The molecule has 4 rings (SSSR count). The molecule has 9 heteroatoms. The molecule has 1 amide bonds. The normalized spacial score (nSPS) is 12.2. The third-order valence-electron chi connectivity index (χ3n) is 6.17. The van der Waals surface area contributed by atoms with E-state index < -0.39 is 21.9 Å². The number of aromatic amines is 1. The number of esters is 1. The Hall–Kier alpha value is -4.11. The van der Waals surface area contributed by atoms with E-state index in [2.05, 4.69) is 9.71 Å². The predicted molar refractivity (Wildman–Crippen MR) is 136 cm³/mol. The van der Waals surface area contributed by atoms with Crippen LogP contribution in [0.5, 0.6) is 5.75 Å². The van der Waals surface area contributed by atoms with E-state index >= 15 is 0 Å². The minimum absolute atomic E-state index is 0.0428. The van der Waals surface area contributed by atoms with Gasteiger partial charge >= 0.3 is 5.97 Å². The molecule has 0 bridgehead atoms. The van der Waals surface area contributed by atoms with Gasteiger partial charge in [0.25, 0.3) is 15.9 Å². The summed E-state index contributed by atoms with van der Waals surface area (Å²) in [4.78, 5) is 28.1. The Kier molecular flexibility index (Phi) is 6.85. The van der Waals surface area contributed by atoms with Crippen molar-refractivity contribution in [2.24, 2.45) is 0 Å². The minimum Gasteiger partial charge on any atom is -0.496 e. The number of aromatic nitrogens is 1. The number of fused-ring (bicyclic) bond motifs is 1. The van der Waals surface area contributed by atoms with E-state index in [0.29, 0.717) is 16.9 Å². The highest BCUT2D eigenvalue weighted by molar-refractivity contribution is 7.90. The van der Waals surface area contributed by atoms with Crippen molar-refractivity contribution in [3.63, 3.8) is 0 Å². The lowest BCUT2D eigenvalue weighted by Crippen LogP contribution is -2.31. The van der Waals surface area contributed by atoms with Crippen LogP contribution in [0.15, 0.2) is 71.8 Å². The molecule has 0 radical (unpaired) electrons. The second kappa shape index (κ2) is 9.87. The summed E-state index contributed by atoms with van der Waals surface area (Å²) in [6, 6.07) is 16.5. The molecular weight excluding hydrogens is 480 g/mol. The summed E-state index contributed by atoms with van der Waals surface area (Å²) in [6.07, 6.45) is 1.87. The average Bonchev–Trinajstić information content (AvgIpc) is 3.30. The van der Waals surface area contributed by atoms with Crippen molar-refractivity contribution < 1.29 is 27.5 Å². The van der Waals surface area contributed by atoms with Crippen LogP contribution in [0.3, 0.4) is 0 Å². The molecule has 0 spiro atoms. The molecule has 1 aromatic heterocycles. The van der Waals surface area contributed by atoms with Crippen molar-refractivity contribution in [3.8, 4) is 5.75 Å². The fraction of sp³-hybridized carbons (Fsp3) is 0.185. The number of sulfonamides is 1. The number of H-pyrrole nitrogens is 1. The maximum absolute atomic E-state index is 12.8. The average molecular weight is 507 g/mol. The topological polar surface area (TPSA) is 115 Å². The van der Waals surface area contributed by atoms with E-state index in [1.165, 1.54) is 26.4 Å². The van der Waals surface area contributed by atoms with Gasteiger partial charge in [-0.05, 0) is 54.4 Å². The highest BCUT2D eigenvalue weighted by atomic mass is 32.2. The van der Waals surface area contributed by atoms with Gasteiger partial charge in [0, 0.05) is 34.1 Å². The first-order chi connectivity index (χ1) is 17.2.